The van der Waals surface area contributed by atoms with Crippen LogP contribution in [0.2, 0.25) is 0 Å². The summed E-state index contributed by atoms with van der Waals surface area (Å²) in [5, 5.41) is 12.8. The maximum absolute atomic E-state index is 13.1. The Morgan fingerprint density at radius 2 is 1.79 bits per heavy atom. The van der Waals surface area contributed by atoms with Crippen molar-refractivity contribution in [1.29, 1.82) is 0 Å². The number of likely N-dealkylation sites (N-methyl/N-ethyl adjacent to an activating group) is 1. The normalized spacial score (nSPS) is 28.8. The van der Waals surface area contributed by atoms with Crippen molar-refractivity contribution in [3.8, 4) is 0 Å². The van der Waals surface area contributed by atoms with Crippen molar-refractivity contribution in [3.05, 3.63) is 18.0 Å². The first-order valence-electron chi connectivity index (χ1n) is 10.3. The summed E-state index contributed by atoms with van der Waals surface area (Å²) in [7, 11) is -1.71. The highest BCUT2D eigenvalue weighted by Crippen LogP contribution is 2.35. The summed E-state index contributed by atoms with van der Waals surface area (Å²) < 4.78 is 29.6. The molecule has 0 amide bonds. The van der Waals surface area contributed by atoms with E-state index in [0.717, 1.165) is 30.1 Å². The van der Waals surface area contributed by atoms with Crippen LogP contribution in [0.4, 0.5) is 5.82 Å². The summed E-state index contributed by atoms with van der Waals surface area (Å²) in [6, 6.07) is 3.57. The third kappa shape index (κ3) is 3.02. The van der Waals surface area contributed by atoms with Crippen molar-refractivity contribution < 1.29 is 8.42 Å². The molecule has 2 aliphatic heterocycles. The van der Waals surface area contributed by atoms with Crippen molar-refractivity contribution in [2.24, 2.45) is 0 Å². The first kappa shape index (κ1) is 19.2. The van der Waals surface area contributed by atoms with Gasteiger partial charge in [-0.2, -0.15) is 8.82 Å². The number of nitrogens with zero attached hydrogens (tertiary/aromatic N) is 6. The zero-order valence-electron chi connectivity index (χ0n) is 17.0. The minimum Gasteiger partial charge on any atom is -0.352 e. The number of nitrogens with one attached hydrogen (secondary N) is 2. The molecule has 2 saturated heterocycles. The van der Waals surface area contributed by atoms with E-state index in [1.165, 1.54) is 6.42 Å². The highest BCUT2D eigenvalue weighted by atomic mass is 32.2. The van der Waals surface area contributed by atoms with E-state index < -0.39 is 15.3 Å². The number of anilines is 1. The van der Waals surface area contributed by atoms with E-state index in [2.05, 4.69) is 25.9 Å². The Kier molecular flexibility index (Phi) is 4.53. The lowest BCUT2D eigenvalue weighted by molar-refractivity contribution is 0.303. The van der Waals surface area contributed by atoms with Gasteiger partial charge in [-0.25, -0.2) is 8.42 Å². The summed E-state index contributed by atoms with van der Waals surface area (Å²) in [4.78, 5) is 2.11. The smallest absolute Gasteiger partial charge is 0.220 e. The van der Waals surface area contributed by atoms with Gasteiger partial charge >= 0.3 is 0 Å². The molecule has 2 atom stereocenters. The molecule has 0 spiro atoms. The molecule has 0 aromatic carbocycles. The number of hydrogen-bond donors (Lipinski definition) is 2. The maximum atomic E-state index is 13.1. The second kappa shape index (κ2) is 6.86. The Hall–Kier alpha value is -1.82. The van der Waals surface area contributed by atoms with Crippen LogP contribution in [0.15, 0.2) is 12.1 Å². The summed E-state index contributed by atoms with van der Waals surface area (Å²) in [5.41, 5.74) is 6.84. The standard InChI is InChI=1S/C18H28N8O2S/c1-11-17(12(2)20-19-11)29(27,28)24(3)14-9-25(10-14)16-8-7-15-21-22-18(26(15)23-16)13-5-4-6-13/h7-8,11-14,17,19-20H,4-6,9-10H2,1-3H3. The van der Waals surface area contributed by atoms with Crippen LogP contribution in [0.1, 0.15) is 44.9 Å². The molecule has 2 unspecified atom stereocenters. The Morgan fingerprint density at radius 3 is 2.41 bits per heavy atom. The molecule has 2 aromatic heterocycles. The fourth-order valence-corrected chi connectivity index (χ4v) is 6.63. The molecule has 0 bridgehead atoms. The fourth-order valence-electron chi connectivity index (χ4n) is 4.53. The molecular formula is C18H28N8O2S. The topological polar surface area (TPSA) is 108 Å². The molecule has 158 valence electrons. The van der Waals surface area contributed by atoms with Crippen LogP contribution < -0.4 is 15.8 Å². The van der Waals surface area contributed by atoms with Crippen molar-refractivity contribution in [1.82, 2.24) is 35.0 Å². The first-order chi connectivity index (χ1) is 13.9. The number of aromatic nitrogens is 4. The predicted octanol–water partition coefficient (Wildman–Crippen LogP) is 0.0954. The monoisotopic (exact) mass is 420 g/mol. The molecule has 5 rings (SSSR count). The zero-order chi connectivity index (χ0) is 20.3. The van der Waals surface area contributed by atoms with E-state index in [9.17, 15) is 8.42 Å². The fraction of sp³-hybridized carbons (Fsp3) is 0.722. The number of fused-ring (bicyclic) bond motifs is 1. The summed E-state index contributed by atoms with van der Waals surface area (Å²) in [5.74, 6) is 2.23. The molecule has 0 radical (unpaired) electrons. The van der Waals surface area contributed by atoms with Gasteiger partial charge in [0.25, 0.3) is 0 Å². The van der Waals surface area contributed by atoms with E-state index >= 15 is 0 Å². The minimum absolute atomic E-state index is 0.0514. The molecule has 3 fully saturated rings. The van der Waals surface area contributed by atoms with Gasteiger partial charge in [-0.05, 0) is 38.8 Å². The first-order valence-corrected chi connectivity index (χ1v) is 11.8. The van der Waals surface area contributed by atoms with Crippen LogP contribution in [0, 0.1) is 0 Å². The molecule has 11 heteroatoms. The van der Waals surface area contributed by atoms with Crippen LogP contribution in [-0.2, 0) is 10.0 Å². The zero-order valence-corrected chi connectivity index (χ0v) is 17.8. The average molecular weight is 421 g/mol. The predicted molar refractivity (Wildman–Crippen MR) is 109 cm³/mol. The summed E-state index contributed by atoms with van der Waals surface area (Å²) in [6.45, 7) is 5.06. The minimum atomic E-state index is -3.41. The average Bonchev–Trinajstić information content (AvgIpc) is 3.15. The lowest BCUT2D eigenvalue weighted by atomic mass is 9.85. The highest BCUT2D eigenvalue weighted by Gasteiger charge is 2.46. The second-order valence-corrected chi connectivity index (χ2v) is 10.7. The van der Waals surface area contributed by atoms with E-state index in [1.54, 1.807) is 11.4 Å². The van der Waals surface area contributed by atoms with E-state index in [1.807, 2.05) is 30.5 Å². The van der Waals surface area contributed by atoms with Gasteiger partial charge in [-0.1, -0.05) is 6.42 Å². The third-order valence-corrected chi connectivity index (χ3v) is 9.32. The molecule has 2 N–H and O–H groups in total. The van der Waals surface area contributed by atoms with Gasteiger partial charge in [-0.15, -0.1) is 15.3 Å². The van der Waals surface area contributed by atoms with Crippen LogP contribution in [0.25, 0.3) is 5.65 Å². The number of sulfonamides is 1. The van der Waals surface area contributed by atoms with Crippen molar-refractivity contribution in [2.45, 2.75) is 62.4 Å². The van der Waals surface area contributed by atoms with E-state index in [4.69, 9.17) is 5.10 Å². The van der Waals surface area contributed by atoms with Gasteiger partial charge in [0, 0.05) is 38.1 Å². The molecule has 2 aromatic rings. The molecule has 1 aliphatic carbocycles. The Morgan fingerprint density at radius 1 is 1.10 bits per heavy atom. The summed E-state index contributed by atoms with van der Waals surface area (Å²) in [6.07, 6.45) is 3.52. The maximum Gasteiger partial charge on any atom is 0.220 e. The highest BCUT2D eigenvalue weighted by molar-refractivity contribution is 7.89. The number of rotatable bonds is 5. The number of hydrogen-bond acceptors (Lipinski definition) is 8. The van der Waals surface area contributed by atoms with Gasteiger partial charge in [0.1, 0.15) is 11.1 Å². The van der Waals surface area contributed by atoms with Gasteiger partial charge in [0.15, 0.2) is 11.5 Å². The lowest BCUT2D eigenvalue weighted by Gasteiger charge is -2.44. The Balaban J connectivity index is 1.30. The third-order valence-electron chi connectivity index (χ3n) is 6.71. The number of hydrazine groups is 1. The van der Waals surface area contributed by atoms with Crippen LogP contribution in [0.5, 0.6) is 0 Å². The Bertz CT molecular complexity index is 1000. The second-order valence-electron chi connectivity index (χ2n) is 8.60. The largest absolute Gasteiger partial charge is 0.352 e. The lowest BCUT2D eigenvalue weighted by Crippen LogP contribution is -2.62. The van der Waals surface area contributed by atoms with Gasteiger partial charge in [-0.3, -0.25) is 10.9 Å². The van der Waals surface area contributed by atoms with E-state index in [0.29, 0.717) is 19.0 Å². The molecule has 10 nitrogen and oxygen atoms in total. The van der Waals surface area contributed by atoms with Crippen molar-refractivity contribution in [3.63, 3.8) is 0 Å². The summed E-state index contributed by atoms with van der Waals surface area (Å²) >= 11 is 0. The van der Waals surface area contributed by atoms with Crippen LogP contribution in [0.3, 0.4) is 0 Å². The van der Waals surface area contributed by atoms with Gasteiger partial charge in [0.2, 0.25) is 10.0 Å². The molecule has 1 saturated carbocycles. The molecule has 4 heterocycles. The molecule has 3 aliphatic rings. The van der Waals surface area contributed by atoms with Gasteiger partial charge < -0.3 is 4.90 Å². The van der Waals surface area contributed by atoms with Gasteiger partial charge in [0.05, 0.1) is 6.04 Å². The quantitative estimate of drug-likeness (QED) is 0.701. The van der Waals surface area contributed by atoms with E-state index in [-0.39, 0.29) is 18.1 Å². The van der Waals surface area contributed by atoms with Crippen LogP contribution in [-0.4, -0.2) is 76.0 Å². The van der Waals surface area contributed by atoms with Crippen molar-refractivity contribution >= 4 is 21.5 Å². The van der Waals surface area contributed by atoms with Crippen molar-refractivity contribution in [2.75, 3.05) is 25.0 Å². The van der Waals surface area contributed by atoms with Crippen LogP contribution >= 0.6 is 0 Å². The molecule has 29 heavy (non-hydrogen) atoms. The molecular weight excluding hydrogens is 392 g/mol. The Labute approximate surface area is 170 Å². The SMILES string of the molecule is CC1NNC(C)C1S(=O)(=O)N(C)C1CN(c2ccc3nnc(C4CCC4)n3n2)C1.